The Labute approximate surface area is 132 Å². The predicted octanol–water partition coefficient (Wildman–Crippen LogP) is 1.28. The molecule has 0 radical (unpaired) electrons. The summed E-state index contributed by atoms with van der Waals surface area (Å²) in [5.41, 5.74) is -0.796. The monoisotopic (exact) mass is 360 g/mol. The van der Waals surface area contributed by atoms with Gasteiger partial charge in [-0.05, 0) is 12.8 Å². The van der Waals surface area contributed by atoms with Gasteiger partial charge >= 0.3 is 6.03 Å². The molecule has 3 aliphatic heterocycles. The molecule has 0 saturated carbocycles. The van der Waals surface area contributed by atoms with Crippen molar-refractivity contribution in [2.75, 3.05) is 38.3 Å². The summed E-state index contributed by atoms with van der Waals surface area (Å²) in [7, 11) is 0. The van der Waals surface area contributed by atoms with Crippen LogP contribution < -0.4 is 5.32 Å². The molecule has 0 aromatic carbocycles. The second-order valence-corrected chi connectivity index (χ2v) is 6.82. The van der Waals surface area contributed by atoms with Crippen LogP contribution in [0.2, 0.25) is 0 Å². The van der Waals surface area contributed by atoms with Gasteiger partial charge in [0.1, 0.15) is 5.54 Å². The molecule has 7 heteroatoms. The largest absolute Gasteiger partial charge is 0.381 e. The number of alkyl halides is 1. The van der Waals surface area contributed by atoms with Gasteiger partial charge in [0.25, 0.3) is 5.91 Å². The standard InChI is InChI=1S/C14H21BrN2O4/c15-9-13(1-5-20-6-2-13)10-17-11(18)14(16-12(17)19)3-7-21-8-4-14/h1-10H2,(H,16,19). The topological polar surface area (TPSA) is 67.9 Å². The Kier molecular flexibility index (Phi) is 4.25. The van der Waals surface area contributed by atoms with Crippen molar-refractivity contribution in [3.8, 4) is 0 Å². The number of nitrogens with zero attached hydrogens (tertiary/aromatic N) is 1. The van der Waals surface area contributed by atoms with Crippen LogP contribution in [0, 0.1) is 5.41 Å². The maximum absolute atomic E-state index is 12.8. The summed E-state index contributed by atoms with van der Waals surface area (Å²) >= 11 is 3.56. The first-order chi connectivity index (χ1) is 10.1. The number of carbonyl (C=O) groups is 2. The first kappa shape index (κ1) is 15.2. The fraction of sp³-hybridized carbons (Fsp3) is 0.857. The molecular formula is C14H21BrN2O4. The molecule has 6 nitrogen and oxygen atoms in total. The van der Waals surface area contributed by atoms with Gasteiger partial charge in [-0.25, -0.2) is 4.79 Å². The molecule has 118 valence electrons. The van der Waals surface area contributed by atoms with Crippen LogP contribution in [0.25, 0.3) is 0 Å². The van der Waals surface area contributed by atoms with E-state index in [1.165, 1.54) is 4.90 Å². The summed E-state index contributed by atoms with van der Waals surface area (Å²) < 4.78 is 10.7. The average molecular weight is 361 g/mol. The van der Waals surface area contributed by atoms with E-state index in [2.05, 4.69) is 21.2 Å². The Bertz CT molecular complexity index is 431. The number of hydrogen-bond acceptors (Lipinski definition) is 4. The van der Waals surface area contributed by atoms with Crippen molar-refractivity contribution in [2.45, 2.75) is 31.2 Å². The molecular weight excluding hydrogens is 340 g/mol. The van der Waals surface area contributed by atoms with Crippen molar-refractivity contribution in [3.63, 3.8) is 0 Å². The zero-order valence-corrected chi connectivity index (χ0v) is 13.6. The highest BCUT2D eigenvalue weighted by Crippen LogP contribution is 2.36. The van der Waals surface area contributed by atoms with Crippen molar-refractivity contribution >= 4 is 27.9 Å². The van der Waals surface area contributed by atoms with E-state index >= 15 is 0 Å². The van der Waals surface area contributed by atoms with E-state index in [0.29, 0.717) is 45.8 Å². The number of rotatable bonds is 3. The third kappa shape index (κ3) is 2.71. The molecule has 3 amide bonds. The van der Waals surface area contributed by atoms with Crippen LogP contribution in [-0.4, -0.2) is 60.7 Å². The average Bonchev–Trinajstić information content (AvgIpc) is 2.73. The lowest BCUT2D eigenvalue weighted by Gasteiger charge is -2.38. The van der Waals surface area contributed by atoms with Crippen LogP contribution in [0.15, 0.2) is 0 Å². The Balaban J connectivity index is 1.75. The minimum absolute atomic E-state index is 0.0675. The first-order valence-corrected chi connectivity index (χ1v) is 8.59. The third-order valence-electron chi connectivity index (χ3n) is 4.92. The summed E-state index contributed by atoms with van der Waals surface area (Å²) in [6.45, 7) is 2.89. The van der Waals surface area contributed by atoms with Crippen LogP contribution in [0.1, 0.15) is 25.7 Å². The lowest BCUT2D eigenvalue weighted by atomic mass is 9.81. The lowest BCUT2D eigenvalue weighted by molar-refractivity contribution is -0.136. The van der Waals surface area contributed by atoms with E-state index in [9.17, 15) is 9.59 Å². The van der Waals surface area contributed by atoms with Gasteiger partial charge < -0.3 is 14.8 Å². The molecule has 1 N–H and O–H groups in total. The molecule has 3 rings (SSSR count). The second kappa shape index (κ2) is 5.85. The predicted molar refractivity (Wildman–Crippen MR) is 79.3 cm³/mol. The number of urea groups is 1. The summed E-state index contributed by atoms with van der Waals surface area (Å²) in [5.74, 6) is -0.0809. The number of carbonyl (C=O) groups excluding carboxylic acids is 2. The number of hydrogen-bond donors (Lipinski definition) is 1. The van der Waals surface area contributed by atoms with E-state index in [1.807, 2.05) is 0 Å². The van der Waals surface area contributed by atoms with Crippen LogP contribution >= 0.6 is 15.9 Å². The van der Waals surface area contributed by atoms with Crippen LogP contribution in [0.5, 0.6) is 0 Å². The SMILES string of the molecule is O=C1NC2(CCOCC2)C(=O)N1CC1(CBr)CCOCC1. The van der Waals surface area contributed by atoms with Gasteiger partial charge in [0, 0.05) is 56.6 Å². The Hall–Kier alpha value is -0.660. The number of halogens is 1. The Morgan fingerprint density at radius 3 is 2.19 bits per heavy atom. The molecule has 21 heavy (non-hydrogen) atoms. The molecule has 3 aliphatic rings. The molecule has 0 aliphatic carbocycles. The molecule has 3 saturated heterocycles. The molecule has 0 atom stereocenters. The zero-order chi connectivity index (χ0) is 14.9. The fourth-order valence-corrected chi connectivity index (χ4v) is 4.09. The van der Waals surface area contributed by atoms with E-state index in [4.69, 9.17) is 9.47 Å². The van der Waals surface area contributed by atoms with Crippen molar-refractivity contribution in [1.29, 1.82) is 0 Å². The van der Waals surface area contributed by atoms with Crippen molar-refractivity contribution in [2.24, 2.45) is 5.41 Å². The fourth-order valence-electron chi connectivity index (χ4n) is 3.35. The maximum atomic E-state index is 12.8. The van der Waals surface area contributed by atoms with Crippen molar-refractivity contribution < 1.29 is 19.1 Å². The molecule has 0 aromatic rings. The normalized spacial score (nSPS) is 28.0. The highest BCUT2D eigenvalue weighted by Gasteiger charge is 2.53. The summed E-state index contributed by atoms with van der Waals surface area (Å²) in [6.07, 6.45) is 2.87. The highest BCUT2D eigenvalue weighted by molar-refractivity contribution is 9.09. The second-order valence-electron chi connectivity index (χ2n) is 6.26. The van der Waals surface area contributed by atoms with Gasteiger partial charge in [-0.1, -0.05) is 15.9 Å². The summed E-state index contributed by atoms with van der Waals surface area (Å²) in [5, 5.41) is 3.69. The Morgan fingerprint density at radius 1 is 1.05 bits per heavy atom. The first-order valence-electron chi connectivity index (χ1n) is 7.46. The zero-order valence-electron chi connectivity index (χ0n) is 12.0. The minimum Gasteiger partial charge on any atom is -0.381 e. The molecule has 0 unspecified atom stereocenters. The number of ether oxygens (including phenoxy) is 2. The number of nitrogens with one attached hydrogen (secondary N) is 1. The van der Waals surface area contributed by atoms with Gasteiger partial charge in [0.2, 0.25) is 0 Å². The lowest BCUT2D eigenvalue weighted by Crippen LogP contribution is -2.51. The quantitative estimate of drug-likeness (QED) is 0.608. The molecule has 0 aromatic heterocycles. The van der Waals surface area contributed by atoms with Crippen LogP contribution in [0.3, 0.4) is 0 Å². The smallest absolute Gasteiger partial charge is 0.325 e. The molecule has 1 spiro atoms. The number of amides is 3. The molecule has 0 bridgehead atoms. The summed E-state index contributed by atoms with van der Waals surface area (Å²) in [6, 6.07) is -0.256. The minimum atomic E-state index is -0.728. The molecule has 3 fully saturated rings. The van der Waals surface area contributed by atoms with E-state index in [-0.39, 0.29) is 17.4 Å². The van der Waals surface area contributed by atoms with Gasteiger partial charge in [0.05, 0.1) is 0 Å². The van der Waals surface area contributed by atoms with Gasteiger partial charge in [-0.3, -0.25) is 9.69 Å². The Morgan fingerprint density at radius 2 is 1.62 bits per heavy atom. The third-order valence-corrected chi connectivity index (χ3v) is 6.11. The van der Waals surface area contributed by atoms with Crippen molar-refractivity contribution in [1.82, 2.24) is 10.2 Å². The summed E-state index contributed by atoms with van der Waals surface area (Å²) in [4.78, 5) is 26.5. The highest BCUT2D eigenvalue weighted by atomic mass is 79.9. The molecule has 3 heterocycles. The van der Waals surface area contributed by atoms with Gasteiger partial charge in [0.15, 0.2) is 0 Å². The van der Waals surface area contributed by atoms with E-state index in [1.54, 1.807) is 0 Å². The van der Waals surface area contributed by atoms with Gasteiger partial charge in [-0.2, -0.15) is 0 Å². The van der Waals surface area contributed by atoms with Crippen molar-refractivity contribution in [3.05, 3.63) is 0 Å². The number of imide groups is 1. The van der Waals surface area contributed by atoms with Crippen LogP contribution in [-0.2, 0) is 14.3 Å². The van der Waals surface area contributed by atoms with Crippen LogP contribution in [0.4, 0.5) is 4.79 Å². The maximum Gasteiger partial charge on any atom is 0.325 e. The van der Waals surface area contributed by atoms with E-state index in [0.717, 1.165) is 18.2 Å². The van der Waals surface area contributed by atoms with E-state index < -0.39 is 5.54 Å². The van der Waals surface area contributed by atoms with Gasteiger partial charge in [-0.15, -0.1) is 0 Å².